The number of unbranched alkanes of at least 4 members (excludes halogenated alkanes) is 6. The predicted octanol–water partition coefficient (Wildman–Crippen LogP) is 7.94. The Hall–Kier alpha value is -2.59. The Balaban J connectivity index is 1.79. The van der Waals surface area contributed by atoms with E-state index in [0.717, 1.165) is 37.5 Å². The Morgan fingerprint density at radius 2 is 1.56 bits per heavy atom. The molecule has 4 heteroatoms. The summed E-state index contributed by atoms with van der Waals surface area (Å²) in [5, 5.41) is 3.87. The summed E-state index contributed by atoms with van der Waals surface area (Å²) in [4.78, 5) is 4.91. The molecule has 0 fully saturated rings. The molecule has 1 atom stereocenters. The molecule has 1 heterocycles. The maximum atomic E-state index is 5.32. The molecule has 4 nitrogen and oxygen atoms in total. The lowest BCUT2D eigenvalue weighted by molar-refractivity contribution is 0.414. The number of nitrogens with one attached hydrogen (secondary N) is 1. The standard InChI is InChI=1S/C30H43N3O/c1-4-6-8-9-10-14-17-28(31-23-25-18-20-27(34-3)21-19-25)29-24-32-30(33(29)22-7-5-2)26-15-12-11-13-16-26/h11-13,15-16,18-21,24,28,31H,4-10,14,17,22-23H2,1-3H3. The Morgan fingerprint density at radius 1 is 0.853 bits per heavy atom. The highest BCUT2D eigenvalue weighted by Crippen LogP contribution is 2.28. The molecule has 0 aliphatic rings. The minimum absolute atomic E-state index is 0.287. The second-order valence-electron chi connectivity index (χ2n) is 9.22. The van der Waals surface area contributed by atoms with Crippen LogP contribution in [0.4, 0.5) is 0 Å². The minimum Gasteiger partial charge on any atom is -0.497 e. The Kier molecular flexibility index (Phi) is 11.2. The van der Waals surface area contributed by atoms with Gasteiger partial charge in [-0.15, -0.1) is 0 Å². The Labute approximate surface area is 206 Å². The molecule has 0 bridgehead atoms. The molecule has 0 saturated carbocycles. The van der Waals surface area contributed by atoms with Crippen molar-refractivity contribution < 1.29 is 4.74 Å². The Bertz CT molecular complexity index is 933. The molecule has 34 heavy (non-hydrogen) atoms. The number of rotatable bonds is 16. The second-order valence-corrected chi connectivity index (χ2v) is 9.22. The lowest BCUT2D eigenvalue weighted by Crippen LogP contribution is -2.24. The van der Waals surface area contributed by atoms with Gasteiger partial charge in [0.2, 0.25) is 0 Å². The highest BCUT2D eigenvalue weighted by atomic mass is 16.5. The topological polar surface area (TPSA) is 39.1 Å². The van der Waals surface area contributed by atoms with E-state index < -0.39 is 0 Å². The first-order valence-corrected chi connectivity index (χ1v) is 13.2. The number of hydrogen-bond donors (Lipinski definition) is 1. The third-order valence-corrected chi connectivity index (χ3v) is 6.57. The summed E-state index contributed by atoms with van der Waals surface area (Å²) in [6.45, 7) is 6.38. The molecule has 0 spiro atoms. The van der Waals surface area contributed by atoms with Crippen LogP contribution in [-0.4, -0.2) is 16.7 Å². The summed E-state index contributed by atoms with van der Waals surface area (Å²) < 4.78 is 7.78. The van der Waals surface area contributed by atoms with Gasteiger partial charge in [-0.25, -0.2) is 4.98 Å². The fourth-order valence-corrected chi connectivity index (χ4v) is 4.50. The van der Waals surface area contributed by atoms with Gasteiger partial charge in [-0.05, 0) is 30.5 Å². The molecular formula is C30H43N3O. The van der Waals surface area contributed by atoms with E-state index in [-0.39, 0.29) is 6.04 Å². The van der Waals surface area contributed by atoms with Crippen LogP contribution in [0.2, 0.25) is 0 Å². The van der Waals surface area contributed by atoms with Crippen LogP contribution in [0.15, 0.2) is 60.8 Å². The predicted molar refractivity (Wildman–Crippen MR) is 143 cm³/mol. The molecular weight excluding hydrogens is 418 g/mol. The van der Waals surface area contributed by atoms with Gasteiger partial charge in [-0.3, -0.25) is 0 Å². The fraction of sp³-hybridized carbons (Fsp3) is 0.500. The van der Waals surface area contributed by atoms with E-state index in [4.69, 9.17) is 9.72 Å². The monoisotopic (exact) mass is 461 g/mol. The van der Waals surface area contributed by atoms with E-state index in [9.17, 15) is 0 Å². The largest absolute Gasteiger partial charge is 0.497 e. The average Bonchev–Trinajstić information content (AvgIpc) is 3.31. The van der Waals surface area contributed by atoms with E-state index in [2.05, 4.69) is 72.4 Å². The van der Waals surface area contributed by atoms with Crippen LogP contribution in [0.25, 0.3) is 11.4 Å². The summed E-state index contributed by atoms with van der Waals surface area (Å²) in [6, 6.07) is 19.3. The zero-order chi connectivity index (χ0) is 24.0. The smallest absolute Gasteiger partial charge is 0.140 e. The van der Waals surface area contributed by atoms with Crippen molar-refractivity contribution in [3.63, 3.8) is 0 Å². The van der Waals surface area contributed by atoms with Gasteiger partial charge in [0.05, 0.1) is 19.0 Å². The van der Waals surface area contributed by atoms with Crippen molar-refractivity contribution in [2.75, 3.05) is 7.11 Å². The molecule has 1 N–H and O–H groups in total. The lowest BCUT2D eigenvalue weighted by atomic mass is 10.0. The molecule has 184 valence electrons. The molecule has 0 aliphatic heterocycles. The maximum Gasteiger partial charge on any atom is 0.140 e. The van der Waals surface area contributed by atoms with Gasteiger partial charge >= 0.3 is 0 Å². The fourth-order valence-electron chi connectivity index (χ4n) is 4.50. The third-order valence-electron chi connectivity index (χ3n) is 6.57. The summed E-state index contributed by atoms with van der Waals surface area (Å²) >= 11 is 0. The number of ether oxygens (including phenoxy) is 1. The average molecular weight is 462 g/mol. The number of methoxy groups -OCH3 is 1. The number of imidazole rings is 1. The van der Waals surface area contributed by atoms with Crippen LogP contribution in [0.5, 0.6) is 5.75 Å². The van der Waals surface area contributed by atoms with E-state index in [1.165, 1.54) is 61.8 Å². The van der Waals surface area contributed by atoms with E-state index in [1.54, 1.807) is 7.11 Å². The molecule has 1 aromatic heterocycles. The number of hydrogen-bond acceptors (Lipinski definition) is 3. The van der Waals surface area contributed by atoms with Gasteiger partial charge in [-0.2, -0.15) is 0 Å². The number of nitrogens with zero attached hydrogens (tertiary/aromatic N) is 2. The van der Waals surface area contributed by atoms with Gasteiger partial charge in [0, 0.05) is 24.7 Å². The van der Waals surface area contributed by atoms with Crippen molar-refractivity contribution in [2.24, 2.45) is 0 Å². The van der Waals surface area contributed by atoms with Crippen LogP contribution < -0.4 is 10.1 Å². The first kappa shape index (κ1) is 26.0. The normalized spacial score (nSPS) is 12.1. The number of aromatic nitrogens is 2. The first-order chi connectivity index (χ1) is 16.8. The van der Waals surface area contributed by atoms with Crippen molar-refractivity contribution in [1.29, 1.82) is 0 Å². The summed E-state index contributed by atoms with van der Waals surface area (Å²) in [7, 11) is 1.71. The van der Waals surface area contributed by atoms with Crippen LogP contribution in [-0.2, 0) is 13.1 Å². The molecule has 0 radical (unpaired) electrons. The van der Waals surface area contributed by atoms with Gasteiger partial charge in [0.1, 0.15) is 11.6 Å². The summed E-state index contributed by atoms with van der Waals surface area (Å²) in [6.07, 6.45) is 13.5. The highest BCUT2D eigenvalue weighted by molar-refractivity contribution is 5.56. The van der Waals surface area contributed by atoms with E-state index >= 15 is 0 Å². The third kappa shape index (κ3) is 7.73. The van der Waals surface area contributed by atoms with Gasteiger partial charge in [0.25, 0.3) is 0 Å². The molecule has 3 rings (SSSR count). The maximum absolute atomic E-state index is 5.32. The van der Waals surface area contributed by atoms with Crippen LogP contribution in [0, 0.1) is 0 Å². The first-order valence-electron chi connectivity index (χ1n) is 13.2. The zero-order valence-electron chi connectivity index (χ0n) is 21.4. The second kappa shape index (κ2) is 14.6. The van der Waals surface area contributed by atoms with E-state index in [1.807, 2.05) is 12.1 Å². The van der Waals surface area contributed by atoms with Crippen LogP contribution in [0.1, 0.15) is 88.9 Å². The highest BCUT2D eigenvalue weighted by Gasteiger charge is 2.19. The molecule has 1 unspecified atom stereocenters. The zero-order valence-corrected chi connectivity index (χ0v) is 21.4. The molecule has 0 saturated heterocycles. The van der Waals surface area contributed by atoms with Crippen molar-refractivity contribution in [3.05, 3.63) is 72.1 Å². The van der Waals surface area contributed by atoms with Gasteiger partial charge in [-0.1, -0.05) is 101 Å². The quantitative estimate of drug-likeness (QED) is 0.220. The summed E-state index contributed by atoms with van der Waals surface area (Å²) in [5.74, 6) is 1.99. The van der Waals surface area contributed by atoms with Crippen LogP contribution in [0.3, 0.4) is 0 Å². The molecule has 0 amide bonds. The number of benzene rings is 2. The SMILES string of the molecule is CCCCCCCCC(NCc1ccc(OC)cc1)c1cnc(-c2ccccc2)n1CCCC. The Morgan fingerprint density at radius 3 is 2.26 bits per heavy atom. The van der Waals surface area contributed by atoms with Crippen molar-refractivity contribution in [3.8, 4) is 17.1 Å². The lowest BCUT2D eigenvalue weighted by Gasteiger charge is -2.22. The minimum atomic E-state index is 0.287. The van der Waals surface area contributed by atoms with Gasteiger partial charge < -0.3 is 14.6 Å². The molecule has 2 aromatic carbocycles. The van der Waals surface area contributed by atoms with Crippen molar-refractivity contribution in [2.45, 2.75) is 90.8 Å². The molecule has 3 aromatic rings. The van der Waals surface area contributed by atoms with Crippen molar-refractivity contribution >= 4 is 0 Å². The molecule has 0 aliphatic carbocycles. The van der Waals surface area contributed by atoms with Gasteiger partial charge in [0.15, 0.2) is 0 Å². The van der Waals surface area contributed by atoms with Crippen LogP contribution >= 0.6 is 0 Å². The summed E-state index contributed by atoms with van der Waals surface area (Å²) in [5.41, 5.74) is 3.78. The van der Waals surface area contributed by atoms with Crippen molar-refractivity contribution in [1.82, 2.24) is 14.9 Å². The van der Waals surface area contributed by atoms with E-state index in [0.29, 0.717) is 0 Å².